The summed E-state index contributed by atoms with van der Waals surface area (Å²) in [6.07, 6.45) is 1.17. The van der Waals surface area contributed by atoms with Gasteiger partial charge in [-0.25, -0.2) is 0 Å². The molecule has 3 nitrogen and oxygen atoms in total. The number of rotatable bonds is 4. The van der Waals surface area contributed by atoms with Gasteiger partial charge in [0.25, 0.3) is 0 Å². The highest BCUT2D eigenvalue weighted by atomic mass is 19.4. The summed E-state index contributed by atoms with van der Waals surface area (Å²) < 4.78 is 37.1. The Balaban J connectivity index is 1.71. The molecule has 2 saturated heterocycles. The minimum atomic E-state index is -4.07. The van der Waals surface area contributed by atoms with E-state index in [0.29, 0.717) is 19.1 Å². The van der Waals surface area contributed by atoms with Crippen LogP contribution in [0.4, 0.5) is 13.2 Å². The lowest BCUT2D eigenvalue weighted by Crippen LogP contribution is -2.53. The van der Waals surface area contributed by atoms with Gasteiger partial charge in [-0.3, -0.25) is 9.80 Å². The van der Waals surface area contributed by atoms with Gasteiger partial charge in [0.2, 0.25) is 0 Å². The summed E-state index contributed by atoms with van der Waals surface area (Å²) in [5.41, 5.74) is 0. The number of halogens is 3. The van der Waals surface area contributed by atoms with E-state index in [0.717, 1.165) is 19.6 Å². The number of likely N-dealkylation sites (tertiary alicyclic amines) is 1. The van der Waals surface area contributed by atoms with E-state index < -0.39 is 12.7 Å². The molecule has 0 aliphatic carbocycles. The topological polar surface area (TPSA) is 9.72 Å². The quantitative estimate of drug-likeness (QED) is 0.790. The molecule has 0 aromatic rings. The normalized spacial score (nSPS) is 25.7. The van der Waals surface area contributed by atoms with Gasteiger partial charge < -0.3 is 4.90 Å². The predicted molar refractivity (Wildman–Crippen MR) is 78.4 cm³/mol. The van der Waals surface area contributed by atoms with E-state index in [-0.39, 0.29) is 0 Å². The molecule has 2 fully saturated rings. The van der Waals surface area contributed by atoms with Gasteiger partial charge in [-0.15, -0.1) is 0 Å². The van der Waals surface area contributed by atoms with Crippen LogP contribution < -0.4 is 0 Å². The fourth-order valence-corrected chi connectivity index (χ4v) is 3.42. The molecule has 2 aliphatic heterocycles. The molecule has 6 heteroatoms. The Morgan fingerprint density at radius 3 is 1.90 bits per heavy atom. The van der Waals surface area contributed by atoms with Gasteiger partial charge in [0, 0.05) is 38.8 Å². The molecule has 0 aromatic heterocycles. The fraction of sp³-hybridized carbons (Fsp3) is 1.00. The Morgan fingerprint density at radius 1 is 0.810 bits per heavy atom. The summed E-state index contributed by atoms with van der Waals surface area (Å²) in [7, 11) is 0. The first kappa shape index (κ1) is 17.0. The van der Waals surface area contributed by atoms with E-state index in [4.69, 9.17) is 0 Å². The molecule has 0 saturated carbocycles. The SMILES string of the molecule is CC(CN1CCCCCC1)N1CCN(CC(F)(F)F)CC1. The zero-order chi connectivity index (χ0) is 15.3. The molecule has 0 aromatic carbocycles. The van der Waals surface area contributed by atoms with Gasteiger partial charge in [-0.2, -0.15) is 13.2 Å². The minimum absolute atomic E-state index is 0.441. The molecular weight excluding hydrogens is 279 g/mol. The van der Waals surface area contributed by atoms with E-state index >= 15 is 0 Å². The summed E-state index contributed by atoms with van der Waals surface area (Å²) in [5.74, 6) is 0. The first-order valence-corrected chi connectivity index (χ1v) is 8.19. The van der Waals surface area contributed by atoms with Crippen molar-refractivity contribution in [1.29, 1.82) is 0 Å². The third-order valence-electron chi connectivity index (χ3n) is 4.65. The molecule has 124 valence electrons. The van der Waals surface area contributed by atoms with Gasteiger partial charge in [-0.05, 0) is 32.9 Å². The van der Waals surface area contributed by atoms with E-state index in [1.165, 1.54) is 43.7 Å². The smallest absolute Gasteiger partial charge is 0.302 e. The first-order valence-electron chi connectivity index (χ1n) is 8.19. The Bertz CT molecular complexity index is 293. The van der Waals surface area contributed by atoms with Crippen molar-refractivity contribution in [2.45, 2.75) is 44.8 Å². The average molecular weight is 307 g/mol. The monoisotopic (exact) mass is 307 g/mol. The van der Waals surface area contributed by atoms with Gasteiger partial charge in [0.05, 0.1) is 6.54 Å². The van der Waals surface area contributed by atoms with Crippen molar-refractivity contribution in [2.75, 3.05) is 52.4 Å². The lowest BCUT2D eigenvalue weighted by atomic mass is 10.2. The highest BCUT2D eigenvalue weighted by Crippen LogP contribution is 2.18. The molecule has 1 atom stereocenters. The lowest BCUT2D eigenvalue weighted by molar-refractivity contribution is -0.149. The van der Waals surface area contributed by atoms with E-state index in [2.05, 4.69) is 16.7 Å². The molecule has 0 spiro atoms. The minimum Gasteiger partial charge on any atom is -0.302 e. The second-order valence-corrected chi connectivity index (χ2v) is 6.49. The summed E-state index contributed by atoms with van der Waals surface area (Å²) >= 11 is 0. The maximum Gasteiger partial charge on any atom is 0.401 e. The Labute approximate surface area is 126 Å². The molecular formula is C15H28F3N3. The number of piperazine rings is 1. The van der Waals surface area contributed by atoms with Crippen molar-refractivity contribution in [2.24, 2.45) is 0 Å². The highest BCUT2D eigenvalue weighted by molar-refractivity contribution is 4.80. The third kappa shape index (κ3) is 6.12. The van der Waals surface area contributed by atoms with E-state index in [1.807, 2.05) is 0 Å². The van der Waals surface area contributed by atoms with Crippen molar-refractivity contribution in [3.63, 3.8) is 0 Å². The number of hydrogen-bond donors (Lipinski definition) is 0. The largest absolute Gasteiger partial charge is 0.401 e. The van der Waals surface area contributed by atoms with Crippen molar-refractivity contribution in [3.8, 4) is 0 Å². The molecule has 2 aliphatic rings. The zero-order valence-corrected chi connectivity index (χ0v) is 13.0. The molecule has 0 N–H and O–H groups in total. The van der Waals surface area contributed by atoms with Crippen LogP contribution in [0, 0.1) is 0 Å². The van der Waals surface area contributed by atoms with Crippen LogP contribution in [0.15, 0.2) is 0 Å². The van der Waals surface area contributed by atoms with Crippen LogP contribution in [0.1, 0.15) is 32.6 Å². The van der Waals surface area contributed by atoms with Crippen LogP contribution in [0.2, 0.25) is 0 Å². The van der Waals surface area contributed by atoms with Gasteiger partial charge in [0.15, 0.2) is 0 Å². The van der Waals surface area contributed by atoms with Crippen molar-refractivity contribution >= 4 is 0 Å². The first-order chi connectivity index (χ1) is 9.94. The second kappa shape index (κ2) is 7.79. The van der Waals surface area contributed by atoms with Crippen molar-refractivity contribution in [1.82, 2.24) is 14.7 Å². The van der Waals surface area contributed by atoms with Crippen LogP contribution in [-0.2, 0) is 0 Å². The van der Waals surface area contributed by atoms with Crippen LogP contribution in [-0.4, -0.2) is 79.3 Å². The maximum absolute atomic E-state index is 12.4. The van der Waals surface area contributed by atoms with E-state index in [1.54, 1.807) is 0 Å². The van der Waals surface area contributed by atoms with Crippen LogP contribution in [0.3, 0.4) is 0 Å². The fourth-order valence-electron chi connectivity index (χ4n) is 3.42. The van der Waals surface area contributed by atoms with Gasteiger partial charge >= 0.3 is 6.18 Å². The molecule has 0 bridgehead atoms. The summed E-state index contributed by atoms with van der Waals surface area (Å²) in [5, 5.41) is 0. The number of hydrogen-bond acceptors (Lipinski definition) is 3. The molecule has 21 heavy (non-hydrogen) atoms. The molecule has 1 unspecified atom stereocenters. The van der Waals surface area contributed by atoms with Gasteiger partial charge in [-0.1, -0.05) is 12.8 Å². The van der Waals surface area contributed by atoms with Crippen molar-refractivity contribution < 1.29 is 13.2 Å². The highest BCUT2D eigenvalue weighted by Gasteiger charge is 2.32. The molecule has 0 radical (unpaired) electrons. The van der Waals surface area contributed by atoms with Crippen LogP contribution in [0.25, 0.3) is 0 Å². The second-order valence-electron chi connectivity index (χ2n) is 6.49. The lowest BCUT2D eigenvalue weighted by Gasteiger charge is -2.39. The Kier molecular flexibility index (Phi) is 6.32. The molecule has 2 rings (SSSR count). The zero-order valence-electron chi connectivity index (χ0n) is 13.0. The molecule has 0 amide bonds. The Morgan fingerprint density at radius 2 is 1.38 bits per heavy atom. The van der Waals surface area contributed by atoms with Crippen LogP contribution in [0.5, 0.6) is 0 Å². The predicted octanol–water partition coefficient (Wildman–Crippen LogP) is 2.43. The standard InChI is InChI=1S/C15H28F3N3/c1-14(12-19-6-4-2-3-5-7-19)21-10-8-20(9-11-21)13-15(16,17)18/h14H,2-13H2,1H3. The molecule has 2 heterocycles. The summed E-state index contributed by atoms with van der Waals surface area (Å²) in [6, 6.07) is 0.441. The van der Waals surface area contributed by atoms with Gasteiger partial charge in [0.1, 0.15) is 0 Å². The number of alkyl halides is 3. The number of nitrogens with zero attached hydrogens (tertiary/aromatic N) is 3. The van der Waals surface area contributed by atoms with Crippen molar-refractivity contribution in [3.05, 3.63) is 0 Å². The average Bonchev–Trinajstić information content (AvgIpc) is 2.66. The third-order valence-corrected chi connectivity index (χ3v) is 4.65. The summed E-state index contributed by atoms with van der Waals surface area (Å²) in [4.78, 5) is 6.40. The van der Waals surface area contributed by atoms with E-state index in [9.17, 15) is 13.2 Å². The maximum atomic E-state index is 12.4. The summed E-state index contributed by atoms with van der Waals surface area (Å²) in [6.45, 7) is 7.44. The van der Waals surface area contributed by atoms with Crippen LogP contribution >= 0.6 is 0 Å². The Hall–Kier alpha value is -0.330.